The summed E-state index contributed by atoms with van der Waals surface area (Å²) in [5.74, 6) is -2.22. The summed E-state index contributed by atoms with van der Waals surface area (Å²) >= 11 is 1.26. The van der Waals surface area contributed by atoms with E-state index in [1.165, 1.54) is 33.9 Å². The maximum atomic E-state index is 13.6. The fourth-order valence-corrected chi connectivity index (χ4v) is 4.26. The van der Waals surface area contributed by atoms with Gasteiger partial charge in [-0.1, -0.05) is 12.1 Å². The van der Waals surface area contributed by atoms with Gasteiger partial charge in [-0.15, -0.1) is 11.3 Å². The molecular formula is C16H13FN2O5S2. The van der Waals surface area contributed by atoms with Crippen LogP contribution in [0.1, 0.15) is 12.1 Å². The summed E-state index contributed by atoms with van der Waals surface area (Å²) in [5, 5.41) is 1.70. The summed E-state index contributed by atoms with van der Waals surface area (Å²) in [6, 6.07) is 6.20. The van der Waals surface area contributed by atoms with Gasteiger partial charge in [0.25, 0.3) is 5.56 Å². The zero-order valence-corrected chi connectivity index (χ0v) is 14.9. The minimum Gasteiger partial charge on any atom is -0.459 e. The Labute approximate surface area is 151 Å². The van der Waals surface area contributed by atoms with Crippen LogP contribution >= 0.6 is 11.3 Å². The second-order valence-electron chi connectivity index (χ2n) is 5.30. The molecule has 0 atom stereocenters. The Bertz CT molecular complexity index is 1120. The number of sulfone groups is 1. The lowest BCUT2D eigenvalue weighted by molar-refractivity contribution is -0.144. The molecule has 0 saturated carbocycles. The number of halogens is 1. The number of carbonyl (C=O) groups excluding carboxylic acids is 1. The Hall–Kier alpha value is -2.59. The summed E-state index contributed by atoms with van der Waals surface area (Å²) in [5.41, 5.74) is -0.0350. The Kier molecular flexibility index (Phi) is 5.14. The fourth-order valence-electron chi connectivity index (χ4n) is 2.21. The summed E-state index contributed by atoms with van der Waals surface area (Å²) in [6.45, 7) is -0.248. The van der Waals surface area contributed by atoms with E-state index in [-0.39, 0.29) is 17.9 Å². The normalized spacial score (nSPS) is 11.6. The maximum Gasteiger partial charge on any atom is 0.307 e. The van der Waals surface area contributed by atoms with Crippen molar-refractivity contribution < 1.29 is 22.3 Å². The minimum atomic E-state index is -3.94. The van der Waals surface area contributed by atoms with Crippen molar-refractivity contribution >= 4 is 32.1 Å². The molecule has 0 N–H and O–H groups in total. The summed E-state index contributed by atoms with van der Waals surface area (Å²) in [4.78, 5) is 27.8. The second-order valence-corrected chi connectivity index (χ2v) is 8.25. The van der Waals surface area contributed by atoms with Gasteiger partial charge in [0.1, 0.15) is 17.3 Å². The Morgan fingerprint density at radius 2 is 2.08 bits per heavy atom. The van der Waals surface area contributed by atoms with Crippen LogP contribution in [0.25, 0.3) is 4.96 Å². The van der Waals surface area contributed by atoms with E-state index in [1.54, 1.807) is 11.6 Å². The molecule has 2 aromatic heterocycles. The number of hydrogen-bond acceptors (Lipinski definition) is 7. The Morgan fingerprint density at radius 3 is 2.85 bits per heavy atom. The number of benzene rings is 1. The van der Waals surface area contributed by atoms with Crippen LogP contribution in [0.2, 0.25) is 0 Å². The number of fused-ring (bicyclic) bond motifs is 1. The lowest BCUT2D eigenvalue weighted by Crippen LogP contribution is -2.16. The number of rotatable bonds is 6. The lowest BCUT2D eigenvalue weighted by Gasteiger charge is -2.06. The van der Waals surface area contributed by atoms with Crippen molar-refractivity contribution in [2.75, 3.05) is 5.75 Å². The number of nitrogens with zero attached hydrogens (tertiary/aromatic N) is 2. The van der Waals surface area contributed by atoms with E-state index < -0.39 is 38.7 Å². The third kappa shape index (κ3) is 3.97. The van der Waals surface area contributed by atoms with E-state index in [0.29, 0.717) is 4.96 Å². The molecule has 0 fully saturated rings. The van der Waals surface area contributed by atoms with Crippen LogP contribution in [-0.2, 0) is 26.0 Å². The number of carbonyl (C=O) groups is 1. The average Bonchev–Trinajstić information content (AvgIpc) is 3.08. The molecule has 0 radical (unpaired) electrons. The lowest BCUT2D eigenvalue weighted by atomic mass is 10.3. The first-order valence-electron chi connectivity index (χ1n) is 7.45. The molecule has 0 amide bonds. The summed E-state index contributed by atoms with van der Waals surface area (Å²) < 4.78 is 44.1. The predicted octanol–water partition coefficient (Wildman–Crippen LogP) is 1.80. The van der Waals surface area contributed by atoms with Crippen LogP contribution in [0.4, 0.5) is 4.39 Å². The molecule has 2 heterocycles. The third-order valence-electron chi connectivity index (χ3n) is 3.48. The van der Waals surface area contributed by atoms with Crippen molar-refractivity contribution in [2.24, 2.45) is 0 Å². The van der Waals surface area contributed by atoms with E-state index in [4.69, 9.17) is 4.74 Å². The van der Waals surface area contributed by atoms with Gasteiger partial charge in [-0.3, -0.25) is 14.0 Å². The molecule has 0 aliphatic heterocycles. The Balaban J connectivity index is 1.60. The SMILES string of the molecule is O=C(CCS(=O)(=O)c1ccccc1F)OCc1cc(=O)n2ccsc2n1. The molecule has 0 aliphatic carbocycles. The molecule has 10 heteroatoms. The van der Waals surface area contributed by atoms with Crippen LogP contribution in [0.15, 0.2) is 51.6 Å². The molecule has 0 saturated heterocycles. The van der Waals surface area contributed by atoms with Crippen molar-refractivity contribution in [3.63, 3.8) is 0 Å². The van der Waals surface area contributed by atoms with Crippen molar-refractivity contribution in [1.82, 2.24) is 9.38 Å². The van der Waals surface area contributed by atoms with E-state index >= 15 is 0 Å². The van der Waals surface area contributed by atoms with Crippen molar-refractivity contribution in [2.45, 2.75) is 17.9 Å². The highest BCUT2D eigenvalue weighted by Gasteiger charge is 2.20. The third-order valence-corrected chi connectivity index (χ3v) is 5.98. The first-order valence-corrected chi connectivity index (χ1v) is 9.99. The maximum absolute atomic E-state index is 13.6. The summed E-state index contributed by atoms with van der Waals surface area (Å²) in [7, 11) is -3.94. The van der Waals surface area contributed by atoms with Gasteiger partial charge in [0.05, 0.1) is 17.9 Å². The van der Waals surface area contributed by atoms with Crippen molar-refractivity contribution in [1.29, 1.82) is 0 Å². The van der Waals surface area contributed by atoms with Crippen molar-refractivity contribution in [3.8, 4) is 0 Å². The molecule has 0 spiro atoms. The van der Waals surface area contributed by atoms with Gasteiger partial charge in [0.15, 0.2) is 14.8 Å². The van der Waals surface area contributed by atoms with E-state index in [2.05, 4.69) is 4.98 Å². The molecule has 7 nitrogen and oxygen atoms in total. The van der Waals surface area contributed by atoms with Gasteiger partial charge >= 0.3 is 5.97 Å². The second kappa shape index (κ2) is 7.34. The molecule has 26 heavy (non-hydrogen) atoms. The molecule has 1 aromatic carbocycles. The number of thiazole rings is 1. The molecule has 0 aliphatic rings. The van der Waals surface area contributed by atoms with Crippen LogP contribution in [0.5, 0.6) is 0 Å². The van der Waals surface area contributed by atoms with Crippen molar-refractivity contribution in [3.05, 3.63) is 63.8 Å². The summed E-state index contributed by atoms with van der Waals surface area (Å²) in [6.07, 6.45) is 1.15. The highest BCUT2D eigenvalue weighted by Crippen LogP contribution is 2.16. The smallest absolute Gasteiger partial charge is 0.307 e. The highest BCUT2D eigenvalue weighted by atomic mass is 32.2. The first-order chi connectivity index (χ1) is 12.4. The molecule has 136 valence electrons. The number of ether oxygens (including phenoxy) is 1. The van der Waals surface area contributed by atoms with Crippen LogP contribution < -0.4 is 5.56 Å². The largest absolute Gasteiger partial charge is 0.459 e. The number of hydrogen-bond donors (Lipinski definition) is 0. The molecule has 3 rings (SSSR count). The van der Waals surface area contributed by atoms with Gasteiger partial charge in [-0.25, -0.2) is 17.8 Å². The molecular weight excluding hydrogens is 383 g/mol. The number of aromatic nitrogens is 2. The van der Waals surface area contributed by atoms with Gasteiger partial charge in [-0.2, -0.15) is 0 Å². The zero-order valence-electron chi connectivity index (χ0n) is 13.3. The van der Waals surface area contributed by atoms with Gasteiger partial charge in [-0.05, 0) is 12.1 Å². The van der Waals surface area contributed by atoms with E-state index in [1.807, 2.05) is 0 Å². The highest BCUT2D eigenvalue weighted by molar-refractivity contribution is 7.91. The van der Waals surface area contributed by atoms with E-state index in [9.17, 15) is 22.4 Å². The van der Waals surface area contributed by atoms with Crippen LogP contribution in [0, 0.1) is 5.82 Å². The van der Waals surface area contributed by atoms with Gasteiger partial charge < -0.3 is 4.74 Å². The van der Waals surface area contributed by atoms with Gasteiger partial charge in [0, 0.05) is 17.6 Å². The van der Waals surface area contributed by atoms with Crippen LogP contribution in [0.3, 0.4) is 0 Å². The standard InChI is InChI=1S/C16H13FN2O5S2/c17-12-3-1-2-4-13(12)26(22,23)8-5-15(21)24-10-11-9-14(20)19-6-7-25-16(19)18-11/h1-4,6-7,9H,5,8,10H2. The number of esters is 1. The molecule has 0 bridgehead atoms. The minimum absolute atomic E-state index is 0.248. The fraction of sp³-hybridized carbons (Fsp3) is 0.188. The predicted molar refractivity (Wildman–Crippen MR) is 92.2 cm³/mol. The van der Waals surface area contributed by atoms with Gasteiger partial charge in [0.2, 0.25) is 0 Å². The van der Waals surface area contributed by atoms with E-state index in [0.717, 1.165) is 12.1 Å². The topological polar surface area (TPSA) is 94.8 Å². The van der Waals surface area contributed by atoms with Crippen LogP contribution in [-0.4, -0.2) is 29.5 Å². The first kappa shape index (κ1) is 18.2. The quantitative estimate of drug-likeness (QED) is 0.590. The zero-order chi connectivity index (χ0) is 18.7. The molecule has 3 aromatic rings. The molecule has 0 unspecified atom stereocenters. The Morgan fingerprint density at radius 1 is 1.31 bits per heavy atom. The monoisotopic (exact) mass is 396 g/mol. The average molecular weight is 396 g/mol.